The molecule has 0 radical (unpaired) electrons. The van der Waals surface area contributed by atoms with Crippen molar-refractivity contribution in [1.82, 2.24) is 5.32 Å². The van der Waals surface area contributed by atoms with Crippen molar-refractivity contribution in [2.75, 3.05) is 13.2 Å². The second-order valence-electron chi connectivity index (χ2n) is 4.36. The van der Waals surface area contributed by atoms with Gasteiger partial charge in [-0.15, -0.1) is 0 Å². The zero-order valence-electron chi connectivity index (χ0n) is 9.72. The average Bonchev–Trinajstić information content (AvgIpc) is 3.09. The first-order chi connectivity index (χ1) is 8.25. The molecule has 94 valence electrons. The predicted octanol–water partition coefficient (Wildman–Crippen LogP) is 3.90. The first-order valence-corrected chi connectivity index (χ1v) is 6.82. The molecule has 1 fully saturated rings. The Morgan fingerprint density at radius 1 is 1.24 bits per heavy atom. The monoisotopic (exact) mass is 273 g/mol. The summed E-state index contributed by atoms with van der Waals surface area (Å²) < 4.78 is 5.60. The van der Waals surface area contributed by atoms with Crippen LogP contribution in [-0.4, -0.2) is 19.2 Å². The topological polar surface area (TPSA) is 21.3 Å². The van der Waals surface area contributed by atoms with E-state index in [1.807, 2.05) is 6.07 Å². The van der Waals surface area contributed by atoms with Crippen molar-refractivity contribution in [3.8, 4) is 5.75 Å². The van der Waals surface area contributed by atoms with Crippen LogP contribution in [0.1, 0.15) is 25.7 Å². The summed E-state index contributed by atoms with van der Waals surface area (Å²) in [4.78, 5) is 0. The van der Waals surface area contributed by atoms with Crippen molar-refractivity contribution in [3.63, 3.8) is 0 Å². The SMILES string of the molecule is Clc1ccc(OCCCCNC2CC2)c(Cl)c1. The van der Waals surface area contributed by atoms with Crippen LogP contribution in [0.15, 0.2) is 18.2 Å². The summed E-state index contributed by atoms with van der Waals surface area (Å²) in [6.45, 7) is 1.79. The van der Waals surface area contributed by atoms with Crippen molar-refractivity contribution in [2.45, 2.75) is 31.7 Å². The van der Waals surface area contributed by atoms with Gasteiger partial charge in [0, 0.05) is 11.1 Å². The van der Waals surface area contributed by atoms with Gasteiger partial charge >= 0.3 is 0 Å². The maximum absolute atomic E-state index is 6.00. The van der Waals surface area contributed by atoms with Gasteiger partial charge in [0.1, 0.15) is 5.75 Å². The molecule has 4 heteroatoms. The molecule has 0 atom stereocenters. The molecule has 1 aromatic rings. The summed E-state index contributed by atoms with van der Waals surface area (Å²) in [6, 6.07) is 6.10. The van der Waals surface area contributed by atoms with E-state index in [2.05, 4.69) is 5.32 Å². The third-order valence-electron chi connectivity index (χ3n) is 2.73. The van der Waals surface area contributed by atoms with Crippen LogP contribution in [0.5, 0.6) is 5.75 Å². The van der Waals surface area contributed by atoms with Gasteiger partial charge in [0.2, 0.25) is 0 Å². The minimum atomic E-state index is 0.577. The Balaban J connectivity index is 1.60. The quantitative estimate of drug-likeness (QED) is 0.761. The van der Waals surface area contributed by atoms with E-state index in [-0.39, 0.29) is 0 Å². The largest absolute Gasteiger partial charge is 0.492 e. The van der Waals surface area contributed by atoms with Crippen molar-refractivity contribution >= 4 is 23.2 Å². The van der Waals surface area contributed by atoms with Gasteiger partial charge < -0.3 is 10.1 Å². The fourth-order valence-electron chi connectivity index (χ4n) is 1.60. The second kappa shape index (κ2) is 6.48. The standard InChI is InChI=1S/C13H17Cl2NO/c14-10-3-6-13(12(15)9-10)17-8-2-1-7-16-11-4-5-11/h3,6,9,11,16H,1-2,4-5,7-8H2. The van der Waals surface area contributed by atoms with Crippen LogP contribution in [0.2, 0.25) is 10.0 Å². The van der Waals surface area contributed by atoms with Gasteiger partial charge in [-0.2, -0.15) is 0 Å². The lowest BCUT2D eigenvalue weighted by Crippen LogP contribution is -2.17. The van der Waals surface area contributed by atoms with Crippen molar-refractivity contribution in [2.24, 2.45) is 0 Å². The number of hydrogen-bond acceptors (Lipinski definition) is 2. The van der Waals surface area contributed by atoms with Crippen LogP contribution in [0.3, 0.4) is 0 Å². The Bertz CT molecular complexity index is 366. The zero-order valence-corrected chi connectivity index (χ0v) is 11.2. The third kappa shape index (κ3) is 4.74. The van der Waals surface area contributed by atoms with Crippen LogP contribution in [0, 0.1) is 0 Å². The molecule has 1 aliphatic carbocycles. The maximum Gasteiger partial charge on any atom is 0.137 e. The number of unbranched alkanes of at least 4 members (excludes halogenated alkanes) is 1. The number of rotatable bonds is 7. The smallest absolute Gasteiger partial charge is 0.137 e. The molecule has 0 aromatic heterocycles. The number of benzene rings is 1. The molecule has 1 aliphatic rings. The van der Waals surface area contributed by atoms with Gasteiger partial charge in [0.25, 0.3) is 0 Å². The first kappa shape index (κ1) is 13.0. The first-order valence-electron chi connectivity index (χ1n) is 6.07. The Morgan fingerprint density at radius 2 is 2.06 bits per heavy atom. The minimum absolute atomic E-state index is 0.577. The van der Waals surface area contributed by atoms with E-state index >= 15 is 0 Å². The van der Waals surface area contributed by atoms with E-state index in [1.165, 1.54) is 12.8 Å². The highest BCUT2D eigenvalue weighted by molar-refractivity contribution is 6.35. The molecular formula is C13H17Cl2NO. The summed E-state index contributed by atoms with van der Waals surface area (Å²) >= 11 is 11.8. The Labute approximate surface area is 112 Å². The molecule has 0 amide bonds. The average molecular weight is 274 g/mol. The highest BCUT2D eigenvalue weighted by atomic mass is 35.5. The second-order valence-corrected chi connectivity index (χ2v) is 5.20. The van der Waals surface area contributed by atoms with Crippen LogP contribution in [0.4, 0.5) is 0 Å². The van der Waals surface area contributed by atoms with E-state index in [0.717, 1.165) is 25.4 Å². The summed E-state index contributed by atoms with van der Waals surface area (Å²) in [5, 5.41) is 4.69. The lowest BCUT2D eigenvalue weighted by atomic mass is 10.3. The summed E-state index contributed by atoms with van der Waals surface area (Å²) in [5.41, 5.74) is 0. The van der Waals surface area contributed by atoms with Gasteiger partial charge in [-0.3, -0.25) is 0 Å². The van der Waals surface area contributed by atoms with Crippen molar-refractivity contribution < 1.29 is 4.74 Å². The number of hydrogen-bond donors (Lipinski definition) is 1. The van der Waals surface area contributed by atoms with Crippen LogP contribution >= 0.6 is 23.2 Å². The van der Waals surface area contributed by atoms with Gasteiger partial charge in [-0.1, -0.05) is 23.2 Å². The molecule has 17 heavy (non-hydrogen) atoms. The molecule has 0 spiro atoms. The van der Waals surface area contributed by atoms with E-state index in [0.29, 0.717) is 22.4 Å². The highest BCUT2D eigenvalue weighted by Gasteiger charge is 2.19. The van der Waals surface area contributed by atoms with E-state index < -0.39 is 0 Å². The van der Waals surface area contributed by atoms with E-state index in [9.17, 15) is 0 Å². The van der Waals surface area contributed by atoms with Crippen LogP contribution in [-0.2, 0) is 0 Å². The van der Waals surface area contributed by atoms with Gasteiger partial charge in [0.05, 0.1) is 11.6 Å². The molecule has 1 N–H and O–H groups in total. The highest BCUT2D eigenvalue weighted by Crippen LogP contribution is 2.27. The molecular weight excluding hydrogens is 257 g/mol. The summed E-state index contributed by atoms with van der Waals surface area (Å²) in [6.07, 6.45) is 4.87. The lowest BCUT2D eigenvalue weighted by molar-refractivity contribution is 0.306. The maximum atomic E-state index is 6.00. The third-order valence-corrected chi connectivity index (χ3v) is 3.26. The van der Waals surface area contributed by atoms with E-state index in [4.69, 9.17) is 27.9 Å². The molecule has 0 heterocycles. The summed E-state index contributed by atoms with van der Waals surface area (Å²) in [7, 11) is 0. The van der Waals surface area contributed by atoms with Gasteiger partial charge in [0.15, 0.2) is 0 Å². The summed E-state index contributed by atoms with van der Waals surface area (Å²) in [5.74, 6) is 0.714. The number of halogens is 2. The normalized spacial score (nSPS) is 14.9. The number of ether oxygens (including phenoxy) is 1. The molecule has 1 aromatic carbocycles. The molecule has 1 saturated carbocycles. The lowest BCUT2D eigenvalue weighted by Gasteiger charge is -2.08. The van der Waals surface area contributed by atoms with Gasteiger partial charge in [-0.25, -0.2) is 0 Å². The molecule has 0 saturated heterocycles. The Morgan fingerprint density at radius 3 is 2.76 bits per heavy atom. The number of nitrogens with one attached hydrogen (secondary N) is 1. The van der Waals surface area contributed by atoms with Crippen molar-refractivity contribution in [1.29, 1.82) is 0 Å². The fraction of sp³-hybridized carbons (Fsp3) is 0.538. The molecule has 0 aliphatic heterocycles. The van der Waals surface area contributed by atoms with Crippen LogP contribution < -0.4 is 10.1 Å². The molecule has 2 nitrogen and oxygen atoms in total. The van der Waals surface area contributed by atoms with E-state index in [1.54, 1.807) is 12.1 Å². The zero-order chi connectivity index (χ0) is 12.1. The molecule has 0 bridgehead atoms. The van der Waals surface area contributed by atoms with Crippen molar-refractivity contribution in [3.05, 3.63) is 28.2 Å². The Hall–Kier alpha value is -0.440. The molecule has 0 unspecified atom stereocenters. The fourth-order valence-corrected chi connectivity index (χ4v) is 2.06. The minimum Gasteiger partial charge on any atom is -0.492 e. The predicted molar refractivity (Wildman–Crippen MR) is 72.2 cm³/mol. The Kier molecular flexibility index (Phi) is 4.96. The molecule has 2 rings (SSSR count). The van der Waals surface area contributed by atoms with Gasteiger partial charge in [-0.05, 0) is 50.4 Å². The van der Waals surface area contributed by atoms with Crippen LogP contribution in [0.25, 0.3) is 0 Å².